The van der Waals surface area contributed by atoms with E-state index in [0.29, 0.717) is 17.3 Å². The molecule has 0 amide bonds. The Morgan fingerprint density at radius 2 is 2.00 bits per heavy atom. The summed E-state index contributed by atoms with van der Waals surface area (Å²) in [5.41, 5.74) is 8.10. The molecule has 0 bridgehead atoms. The number of piperazine rings is 1. The maximum Gasteiger partial charge on any atom is 0.340 e. The van der Waals surface area contributed by atoms with E-state index in [1.165, 1.54) is 7.11 Å². The van der Waals surface area contributed by atoms with E-state index < -0.39 is 0 Å². The number of esters is 1. The summed E-state index contributed by atoms with van der Waals surface area (Å²) in [5.74, 6) is -0.332. The summed E-state index contributed by atoms with van der Waals surface area (Å²) in [6.45, 7) is 8.20. The molecule has 5 nitrogen and oxygen atoms in total. The Kier molecular flexibility index (Phi) is 5.07. The van der Waals surface area contributed by atoms with Crippen molar-refractivity contribution in [3.63, 3.8) is 0 Å². The van der Waals surface area contributed by atoms with Gasteiger partial charge in [0, 0.05) is 32.2 Å². The van der Waals surface area contributed by atoms with Crippen LogP contribution < -0.4 is 10.6 Å². The lowest BCUT2D eigenvalue weighted by molar-refractivity contribution is 0.0601. The molecule has 116 valence electrons. The van der Waals surface area contributed by atoms with Gasteiger partial charge in [-0.25, -0.2) is 4.79 Å². The van der Waals surface area contributed by atoms with Crippen molar-refractivity contribution in [1.29, 1.82) is 0 Å². The summed E-state index contributed by atoms with van der Waals surface area (Å²) < 4.78 is 4.87. The monoisotopic (exact) mass is 291 g/mol. The van der Waals surface area contributed by atoms with Crippen LogP contribution in [0.15, 0.2) is 18.2 Å². The summed E-state index contributed by atoms with van der Waals surface area (Å²) in [6, 6.07) is 6.00. The largest absolute Gasteiger partial charge is 0.465 e. The number of nitrogen functional groups attached to an aromatic ring is 1. The second-order valence-corrected chi connectivity index (χ2v) is 5.52. The second-order valence-electron chi connectivity index (χ2n) is 5.52. The number of carbonyl (C=O) groups is 1. The predicted molar refractivity (Wildman–Crippen MR) is 85.7 cm³/mol. The van der Waals surface area contributed by atoms with Gasteiger partial charge >= 0.3 is 5.97 Å². The first kappa shape index (κ1) is 15.6. The van der Waals surface area contributed by atoms with Crippen LogP contribution in [0.4, 0.5) is 11.4 Å². The summed E-state index contributed by atoms with van der Waals surface area (Å²) in [5, 5.41) is 0. The van der Waals surface area contributed by atoms with Gasteiger partial charge in [-0.15, -0.1) is 0 Å². The lowest BCUT2D eigenvalue weighted by Gasteiger charge is -2.39. The third-order valence-electron chi connectivity index (χ3n) is 4.32. The van der Waals surface area contributed by atoms with Gasteiger partial charge in [0.15, 0.2) is 0 Å². The van der Waals surface area contributed by atoms with Crippen LogP contribution in [-0.4, -0.2) is 50.2 Å². The first-order valence-electron chi connectivity index (χ1n) is 7.54. The highest BCUT2D eigenvalue weighted by Gasteiger charge is 2.25. The van der Waals surface area contributed by atoms with Gasteiger partial charge in [0.1, 0.15) is 0 Å². The fraction of sp³-hybridized carbons (Fsp3) is 0.562. The van der Waals surface area contributed by atoms with E-state index in [1.54, 1.807) is 12.1 Å². The summed E-state index contributed by atoms with van der Waals surface area (Å²) >= 11 is 0. The van der Waals surface area contributed by atoms with Gasteiger partial charge in [0.2, 0.25) is 0 Å². The Labute approximate surface area is 126 Å². The van der Waals surface area contributed by atoms with Crippen molar-refractivity contribution in [3.05, 3.63) is 23.8 Å². The van der Waals surface area contributed by atoms with E-state index in [1.807, 2.05) is 6.07 Å². The lowest BCUT2D eigenvalue weighted by Crippen LogP contribution is -2.50. The summed E-state index contributed by atoms with van der Waals surface area (Å²) in [6.07, 6.45) is 1.15. The van der Waals surface area contributed by atoms with Crippen molar-refractivity contribution in [3.8, 4) is 0 Å². The molecule has 0 saturated carbocycles. The molecule has 2 N–H and O–H groups in total. The summed E-state index contributed by atoms with van der Waals surface area (Å²) in [7, 11) is 1.40. The second kappa shape index (κ2) is 6.80. The van der Waals surface area contributed by atoms with E-state index in [2.05, 4.69) is 23.6 Å². The quantitative estimate of drug-likeness (QED) is 0.679. The maximum atomic E-state index is 11.9. The molecule has 21 heavy (non-hydrogen) atoms. The zero-order valence-electron chi connectivity index (χ0n) is 13.1. The van der Waals surface area contributed by atoms with Crippen molar-refractivity contribution >= 4 is 17.3 Å². The van der Waals surface area contributed by atoms with Crippen LogP contribution in [0.2, 0.25) is 0 Å². The molecule has 0 radical (unpaired) electrons. The maximum absolute atomic E-state index is 11.9. The molecule has 1 fully saturated rings. The number of anilines is 2. The van der Waals surface area contributed by atoms with Crippen LogP contribution in [0.3, 0.4) is 0 Å². The van der Waals surface area contributed by atoms with Crippen molar-refractivity contribution in [2.24, 2.45) is 0 Å². The fourth-order valence-electron chi connectivity index (χ4n) is 2.83. The van der Waals surface area contributed by atoms with Gasteiger partial charge in [-0.05, 0) is 25.5 Å². The Morgan fingerprint density at radius 1 is 1.33 bits per heavy atom. The van der Waals surface area contributed by atoms with Gasteiger partial charge in [-0.1, -0.05) is 13.0 Å². The molecule has 1 aromatic carbocycles. The number of benzene rings is 1. The minimum absolute atomic E-state index is 0.332. The highest BCUT2D eigenvalue weighted by Crippen LogP contribution is 2.29. The van der Waals surface area contributed by atoms with E-state index in [0.717, 1.165) is 38.3 Å². The normalized spacial score (nSPS) is 17.6. The molecule has 1 unspecified atom stereocenters. The lowest BCUT2D eigenvalue weighted by atomic mass is 10.1. The Bertz CT molecular complexity index is 496. The van der Waals surface area contributed by atoms with Crippen LogP contribution in [-0.2, 0) is 4.74 Å². The molecule has 0 spiro atoms. The molecule has 0 aromatic heterocycles. The van der Waals surface area contributed by atoms with Gasteiger partial charge < -0.3 is 15.4 Å². The fourth-order valence-corrected chi connectivity index (χ4v) is 2.83. The van der Waals surface area contributed by atoms with Crippen LogP contribution in [0.1, 0.15) is 30.6 Å². The number of methoxy groups -OCH3 is 1. The summed E-state index contributed by atoms with van der Waals surface area (Å²) in [4.78, 5) is 16.6. The molecule has 0 aliphatic carbocycles. The van der Waals surface area contributed by atoms with E-state index in [9.17, 15) is 4.79 Å². The van der Waals surface area contributed by atoms with Gasteiger partial charge in [0.05, 0.1) is 24.0 Å². The molecule has 1 saturated heterocycles. The molecule has 1 aliphatic heterocycles. The minimum atomic E-state index is -0.332. The highest BCUT2D eigenvalue weighted by atomic mass is 16.5. The third kappa shape index (κ3) is 3.29. The van der Waals surface area contributed by atoms with Crippen molar-refractivity contribution in [2.75, 3.05) is 43.9 Å². The van der Waals surface area contributed by atoms with Gasteiger partial charge in [-0.3, -0.25) is 4.90 Å². The van der Waals surface area contributed by atoms with Crippen LogP contribution in [0.25, 0.3) is 0 Å². The Morgan fingerprint density at radius 3 is 2.57 bits per heavy atom. The number of carbonyl (C=O) groups excluding carboxylic acids is 1. The average molecular weight is 291 g/mol. The zero-order chi connectivity index (χ0) is 15.4. The number of hydrogen-bond acceptors (Lipinski definition) is 5. The smallest absolute Gasteiger partial charge is 0.340 e. The number of hydrogen-bond donors (Lipinski definition) is 1. The van der Waals surface area contributed by atoms with Crippen molar-refractivity contribution in [2.45, 2.75) is 26.3 Å². The van der Waals surface area contributed by atoms with E-state index in [-0.39, 0.29) is 5.97 Å². The first-order chi connectivity index (χ1) is 10.1. The number of para-hydroxylation sites is 1. The number of ether oxygens (including phenoxy) is 1. The Balaban J connectivity index is 2.18. The van der Waals surface area contributed by atoms with Crippen molar-refractivity contribution < 1.29 is 9.53 Å². The van der Waals surface area contributed by atoms with E-state index in [4.69, 9.17) is 10.5 Å². The first-order valence-corrected chi connectivity index (χ1v) is 7.54. The van der Waals surface area contributed by atoms with E-state index >= 15 is 0 Å². The number of nitrogens with two attached hydrogens (primary N) is 1. The predicted octanol–water partition coefficient (Wildman–Crippen LogP) is 1.98. The van der Waals surface area contributed by atoms with Crippen LogP contribution in [0.5, 0.6) is 0 Å². The molecule has 1 aromatic rings. The standard InChI is InChI=1S/C16H25N3O2/c1-4-12(2)18-8-10-19(11-9-18)15-13(16(20)21-3)6-5-7-14(15)17/h5-7,12H,4,8-11,17H2,1-3H3. The molecular formula is C16H25N3O2. The number of rotatable bonds is 4. The average Bonchev–Trinajstić information content (AvgIpc) is 2.53. The molecular weight excluding hydrogens is 266 g/mol. The topological polar surface area (TPSA) is 58.8 Å². The zero-order valence-corrected chi connectivity index (χ0v) is 13.1. The number of nitrogens with zero attached hydrogens (tertiary/aromatic N) is 2. The van der Waals surface area contributed by atoms with Crippen LogP contribution in [0, 0.1) is 0 Å². The van der Waals surface area contributed by atoms with Crippen LogP contribution >= 0.6 is 0 Å². The molecule has 1 atom stereocenters. The van der Waals surface area contributed by atoms with Crippen molar-refractivity contribution in [1.82, 2.24) is 4.90 Å². The Hall–Kier alpha value is -1.75. The minimum Gasteiger partial charge on any atom is -0.465 e. The van der Waals surface area contributed by atoms with Gasteiger partial charge in [-0.2, -0.15) is 0 Å². The molecule has 1 aliphatic rings. The molecule has 1 heterocycles. The SMILES string of the molecule is CCC(C)N1CCN(c2c(N)cccc2C(=O)OC)CC1. The third-order valence-corrected chi connectivity index (χ3v) is 4.32. The molecule has 5 heteroatoms. The van der Waals surface area contributed by atoms with Gasteiger partial charge in [0.25, 0.3) is 0 Å². The molecule has 2 rings (SSSR count). The highest BCUT2D eigenvalue weighted by molar-refractivity contribution is 5.99.